The van der Waals surface area contributed by atoms with E-state index in [-0.39, 0.29) is 0 Å². The molecule has 0 radical (unpaired) electrons. The van der Waals surface area contributed by atoms with Crippen LogP contribution in [-0.2, 0) is 0 Å². The molecule has 15 heavy (non-hydrogen) atoms. The molecular weight excluding hydrogens is 200 g/mol. The Morgan fingerprint density at radius 1 is 0.933 bits per heavy atom. The SMILES string of the molecule is C=Cc1cccc2c1ccc1sccc12. The molecule has 1 aromatic heterocycles. The number of hydrogen-bond donors (Lipinski definition) is 0. The molecule has 0 fully saturated rings. The number of hydrogen-bond acceptors (Lipinski definition) is 1. The monoisotopic (exact) mass is 210 g/mol. The molecule has 1 heteroatoms. The molecule has 3 rings (SSSR count). The van der Waals surface area contributed by atoms with Crippen LogP contribution in [0.4, 0.5) is 0 Å². The first kappa shape index (κ1) is 8.69. The lowest BCUT2D eigenvalue weighted by Gasteiger charge is -2.03. The molecule has 0 saturated heterocycles. The summed E-state index contributed by atoms with van der Waals surface area (Å²) < 4.78 is 1.35. The Hall–Kier alpha value is -1.60. The zero-order valence-electron chi connectivity index (χ0n) is 8.23. The van der Waals surface area contributed by atoms with Crippen molar-refractivity contribution in [3.05, 3.63) is 53.9 Å². The van der Waals surface area contributed by atoms with Gasteiger partial charge in [-0.05, 0) is 33.8 Å². The van der Waals surface area contributed by atoms with E-state index in [1.807, 2.05) is 6.08 Å². The van der Waals surface area contributed by atoms with Crippen molar-refractivity contribution in [2.45, 2.75) is 0 Å². The second kappa shape index (κ2) is 3.21. The lowest BCUT2D eigenvalue weighted by atomic mass is 10.0. The van der Waals surface area contributed by atoms with Crippen molar-refractivity contribution in [1.29, 1.82) is 0 Å². The van der Waals surface area contributed by atoms with Gasteiger partial charge in [0, 0.05) is 10.1 Å². The van der Waals surface area contributed by atoms with Crippen molar-refractivity contribution in [3.63, 3.8) is 0 Å². The van der Waals surface area contributed by atoms with Gasteiger partial charge in [0.05, 0.1) is 0 Å². The second-order valence-corrected chi connectivity index (χ2v) is 4.49. The van der Waals surface area contributed by atoms with Gasteiger partial charge in [0.1, 0.15) is 0 Å². The molecule has 0 unspecified atom stereocenters. The van der Waals surface area contributed by atoms with Crippen molar-refractivity contribution < 1.29 is 0 Å². The molecule has 1 heterocycles. The summed E-state index contributed by atoms with van der Waals surface area (Å²) >= 11 is 1.79. The Labute approximate surface area is 92.5 Å². The summed E-state index contributed by atoms with van der Waals surface area (Å²) in [6.45, 7) is 3.85. The maximum absolute atomic E-state index is 3.85. The van der Waals surface area contributed by atoms with Crippen LogP contribution in [0.15, 0.2) is 48.4 Å². The zero-order valence-corrected chi connectivity index (χ0v) is 9.05. The lowest BCUT2D eigenvalue weighted by molar-refractivity contribution is 1.76. The van der Waals surface area contributed by atoms with Crippen LogP contribution in [0.3, 0.4) is 0 Å². The second-order valence-electron chi connectivity index (χ2n) is 3.54. The number of rotatable bonds is 1. The Kier molecular flexibility index (Phi) is 1.86. The zero-order chi connectivity index (χ0) is 10.3. The molecule has 2 aromatic carbocycles. The van der Waals surface area contributed by atoms with Gasteiger partial charge < -0.3 is 0 Å². The highest BCUT2D eigenvalue weighted by Crippen LogP contribution is 2.30. The van der Waals surface area contributed by atoms with Crippen LogP contribution in [0.5, 0.6) is 0 Å². The molecule has 0 amide bonds. The Morgan fingerprint density at radius 2 is 1.87 bits per heavy atom. The van der Waals surface area contributed by atoms with E-state index in [2.05, 4.69) is 48.4 Å². The normalized spacial score (nSPS) is 10.9. The third-order valence-corrected chi connectivity index (χ3v) is 3.63. The molecule has 0 N–H and O–H groups in total. The van der Waals surface area contributed by atoms with Gasteiger partial charge in [-0.3, -0.25) is 0 Å². The van der Waals surface area contributed by atoms with E-state index in [1.54, 1.807) is 11.3 Å². The standard InChI is InChI=1S/C14H10S/c1-2-10-4-3-5-12-11(10)6-7-14-13(12)8-9-15-14/h2-9H,1H2. The van der Waals surface area contributed by atoms with E-state index in [1.165, 1.54) is 26.4 Å². The average molecular weight is 210 g/mol. The Bertz CT molecular complexity index is 647. The average Bonchev–Trinajstić information content (AvgIpc) is 2.76. The van der Waals surface area contributed by atoms with Crippen LogP contribution >= 0.6 is 11.3 Å². The summed E-state index contributed by atoms with van der Waals surface area (Å²) in [7, 11) is 0. The molecule has 0 saturated carbocycles. The van der Waals surface area contributed by atoms with Gasteiger partial charge >= 0.3 is 0 Å². The minimum Gasteiger partial charge on any atom is -0.144 e. The lowest BCUT2D eigenvalue weighted by Crippen LogP contribution is -1.77. The van der Waals surface area contributed by atoms with Crippen LogP contribution in [-0.4, -0.2) is 0 Å². The maximum atomic E-state index is 3.85. The number of benzene rings is 2. The summed E-state index contributed by atoms with van der Waals surface area (Å²) in [5.74, 6) is 0. The van der Waals surface area contributed by atoms with Gasteiger partial charge in [0.15, 0.2) is 0 Å². The van der Waals surface area contributed by atoms with E-state index in [0.29, 0.717) is 0 Å². The largest absolute Gasteiger partial charge is 0.144 e. The molecule has 3 aromatic rings. The smallest absolute Gasteiger partial charge is 0.0349 e. The third-order valence-electron chi connectivity index (χ3n) is 2.75. The van der Waals surface area contributed by atoms with Crippen molar-refractivity contribution >= 4 is 38.3 Å². The predicted octanol–water partition coefficient (Wildman–Crippen LogP) is 4.70. The van der Waals surface area contributed by atoms with Crippen molar-refractivity contribution in [2.24, 2.45) is 0 Å². The molecule has 72 valence electrons. The highest BCUT2D eigenvalue weighted by atomic mass is 32.1. The fourth-order valence-electron chi connectivity index (χ4n) is 2.01. The van der Waals surface area contributed by atoms with Gasteiger partial charge in [-0.1, -0.05) is 36.9 Å². The van der Waals surface area contributed by atoms with E-state index >= 15 is 0 Å². The van der Waals surface area contributed by atoms with Gasteiger partial charge in [-0.2, -0.15) is 0 Å². The van der Waals surface area contributed by atoms with Crippen LogP contribution in [0.2, 0.25) is 0 Å². The minimum atomic E-state index is 1.21. The van der Waals surface area contributed by atoms with E-state index in [9.17, 15) is 0 Å². The quantitative estimate of drug-likeness (QED) is 0.546. The summed E-state index contributed by atoms with van der Waals surface area (Å²) in [5, 5.41) is 6.11. The predicted molar refractivity (Wildman–Crippen MR) is 69.4 cm³/mol. The third kappa shape index (κ3) is 1.20. The number of thiophene rings is 1. The topological polar surface area (TPSA) is 0 Å². The molecule has 0 aliphatic heterocycles. The Balaban J connectivity index is 2.59. The molecule has 0 bridgehead atoms. The molecule has 0 atom stereocenters. The van der Waals surface area contributed by atoms with E-state index in [0.717, 1.165) is 0 Å². The summed E-state index contributed by atoms with van der Waals surface area (Å²) in [6, 6.07) is 12.9. The molecule has 0 aliphatic rings. The number of fused-ring (bicyclic) bond motifs is 3. The van der Waals surface area contributed by atoms with Gasteiger partial charge in [0.25, 0.3) is 0 Å². The fourth-order valence-corrected chi connectivity index (χ4v) is 2.82. The van der Waals surface area contributed by atoms with Crippen LogP contribution in [0.1, 0.15) is 5.56 Å². The van der Waals surface area contributed by atoms with Gasteiger partial charge in [-0.25, -0.2) is 0 Å². The summed E-state index contributed by atoms with van der Waals surface area (Å²) in [4.78, 5) is 0. The fraction of sp³-hybridized carbons (Fsp3) is 0. The Morgan fingerprint density at radius 3 is 2.73 bits per heavy atom. The maximum Gasteiger partial charge on any atom is 0.0349 e. The van der Waals surface area contributed by atoms with Crippen LogP contribution in [0.25, 0.3) is 26.9 Å². The first-order valence-corrected chi connectivity index (χ1v) is 5.79. The first-order valence-electron chi connectivity index (χ1n) is 4.91. The van der Waals surface area contributed by atoms with E-state index in [4.69, 9.17) is 0 Å². The van der Waals surface area contributed by atoms with Crippen molar-refractivity contribution in [2.75, 3.05) is 0 Å². The molecular formula is C14H10S. The molecule has 0 nitrogen and oxygen atoms in total. The summed E-state index contributed by atoms with van der Waals surface area (Å²) in [5.41, 5.74) is 1.21. The van der Waals surface area contributed by atoms with Crippen molar-refractivity contribution in [3.8, 4) is 0 Å². The highest BCUT2D eigenvalue weighted by molar-refractivity contribution is 7.17. The summed E-state index contributed by atoms with van der Waals surface area (Å²) in [6.07, 6.45) is 1.92. The van der Waals surface area contributed by atoms with Gasteiger partial charge in [0.2, 0.25) is 0 Å². The van der Waals surface area contributed by atoms with Gasteiger partial charge in [-0.15, -0.1) is 11.3 Å². The first-order chi connectivity index (χ1) is 7.40. The van der Waals surface area contributed by atoms with Crippen molar-refractivity contribution in [1.82, 2.24) is 0 Å². The highest BCUT2D eigenvalue weighted by Gasteiger charge is 2.02. The van der Waals surface area contributed by atoms with E-state index < -0.39 is 0 Å². The molecule has 0 spiro atoms. The molecule has 0 aliphatic carbocycles. The van der Waals surface area contributed by atoms with Crippen LogP contribution < -0.4 is 0 Å². The minimum absolute atomic E-state index is 1.21. The van der Waals surface area contributed by atoms with Crippen LogP contribution in [0, 0.1) is 0 Å².